The Morgan fingerprint density at radius 1 is 1.33 bits per heavy atom. The predicted molar refractivity (Wildman–Crippen MR) is 71.6 cm³/mol. The van der Waals surface area contributed by atoms with Crippen molar-refractivity contribution in [1.29, 1.82) is 0 Å². The lowest BCUT2D eigenvalue weighted by atomic mass is 10.3. The zero-order valence-electron chi connectivity index (χ0n) is 10.3. The minimum absolute atomic E-state index is 0.529. The molecule has 1 heterocycles. The molecule has 0 fully saturated rings. The second kappa shape index (κ2) is 5.86. The van der Waals surface area contributed by atoms with E-state index in [0.717, 1.165) is 11.4 Å². The molecule has 5 heteroatoms. The van der Waals surface area contributed by atoms with E-state index in [0.29, 0.717) is 24.8 Å². The number of nitrogens with two attached hydrogens (primary N) is 1. The van der Waals surface area contributed by atoms with Crippen molar-refractivity contribution in [3.8, 4) is 5.75 Å². The maximum atomic E-state index is 5.65. The Morgan fingerprint density at radius 3 is 3.00 bits per heavy atom. The summed E-state index contributed by atoms with van der Waals surface area (Å²) < 4.78 is 5.54. The molecule has 1 aromatic heterocycles. The van der Waals surface area contributed by atoms with Crippen molar-refractivity contribution < 1.29 is 4.74 Å². The predicted octanol–water partition coefficient (Wildman–Crippen LogP) is 1.86. The number of nitrogens with one attached hydrogen (secondary N) is 1. The normalized spacial score (nSPS) is 10.1. The lowest BCUT2D eigenvalue weighted by molar-refractivity contribution is 0.333. The van der Waals surface area contributed by atoms with Crippen LogP contribution in [-0.4, -0.2) is 23.1 Å². The smallest absolute Gasteiger partial charge is 0.222 e. The SMILES string of the molecule is Cc1ccnc(NCCOc2cccc(N)c2)n1. The largest absolute Gasteiger partial charge is 0.492 e. The van der Waals surface area contributed by atoms with Gasteiger partial charge in [0.05, 0.1) is 6.54 Å². The van der Waals surface area contributed by atoms with Gasteiger partial charge in [-0.05, 0) is 25.1 Å². The summed E-state index contributed by atoms with van der Waals surface area (Å²) in [6, 6.07) is 9.21. The zero-order chi connectivity index (χ0) is 12.8. The molecule has 0 saturated heterocycles. The van der Waals surface area contributed by atoms with Gasteiger partial charge in [-0.3, -0.25) is 0 Å². The monoisotopic (exact) mass is 244 g/mol. The highest BCUT2D eigenvalue weighted by Gasteiger charge is 1.96. The second-order valence-corrected chi connectivity index (χ2v) is 3.87. The Balaban J connectivity index is 1.76. The number of hydrogen-bond donors (Lipinski definition) is 2. The van der Waals surface area contributed by atoms with Crippen molar-refractivity contribution in [2.45, 2.75) is 6.92 Å². The Kier molecular flexibility index (Phi) is 3.96. The van der Waals surface area contributed by atoms with Crippen LogP contribution >= 0.6 is 0 Å². The van der Waals surface area contributed by atoms with E-state index in [2.05, 4.69) is 15.3 Å². The fourth-order valence-electron chi connectivity index (χ4n) is 1.47. The quantitative estimate of drug-likeness (QED) is 0.620. The fourth-order valence-corrected chi connectivity index (χ4v) is 1.47. The van der Waals surface area contributed by atoms with Crippen molar-refractivity contribution in [2.75, 3.05) is 24.2 Å². The highest BCUT2D eigenvalue weighted by molar-refractivity contribution is 5.43. The average Bonchev–Trinajstić information content (AvgIpc) is 2.35. The van der Waals surface area contributed by atoms with Crippen LogP contribution in [-0.2, 0) is 0 Å². The number of benzene rings is 1. The van der Waals surface area contributed by atoms with Gasteiger partial charge in [0, 0.05) is 23.6 Å². The van der Waals surface area contributed by atoms with Crippen molar-refractivity contribution in [3.05, 3.63) is 42.2 Å². The summed E-state index contributed by atoms with van der Waals surface area (Å²) in [7, 11) is 0. The van der Waals surface area contributed by atoms with Gasteiger partial charge in [0.1, 0.15) is 12.4 Å². The standard InChI is InChI=1S/C13H16N4O/c1-10-5-6-15-13(17-10)16-7-8-18-12-4-2-3-11(14)9-12/h2-6,9H,7-8,14H2,1H3,(H,15,16,17). The van der Waals surface area contributed by atoms with E-state index in [-0.39, 0.29) is 0 Å². The molecule has 1 aromatic carbocycles. The molecule has 3 N–H and O–H groups in total. The van der Waals surface area contributed by atoms with E-state index in [9.17, 15) is 0 Å². The summed E-state index contributed by atoms with van der Waals surface area (Å²) >= 11 is 0. The van der Waals surface area contributed by atoms with Gasteiger partial charge in [-0.15, -0.1) is 0 Å². The van der Waals surface area contributed by atoms with Crippen LogP contribution in [0.2, 0.25) is 0 Å². The molecule has 0 atom stereocenters. The Bertz CT molecular complexity index is 468. The van der Waals surface area contributed by atoms with Crippen LogP contribution in [0.15, 0.2) is 36.5 Å². The molecule has 0 saturated carbocycles. The molecular weight excluding hydrogens is 228 g/mol. The molecule has 2 aromatic rings. The van der Waals surface area contributed by atoms with E-state index >= 15 is 0 Å². The van der Waals surface area contributed by atoms with Crippen LogP contribution < -0.4 is 15.8 Å². The molecule has 0 aliphatic heterocycles. The van der Waals surface area contributed by atoms with E-state index in [4.69, 9.17) is 10.5 Å². The minimum Gasteiger partial charge on any atom is -0.492 e. The third kappa shape index (κ3) is 3.62. The first kappa shape index (κ1) is 12.2. The summed E-state index contributed by atoms with van der Waals surface area (Å²) in [5.41, 5.74) is 7.29. The fraction of sp³-hybridized carbons (Fsp3) is 0.231. The van der Waals surface area contributed by atoms with Crippen molar-refractivity contribution in [1.82, 2.24) is 9.97 Å². The molecule has 0 bridgehead atoms. The van der Waals surface area contributed by atoms with E-state index < -0.39 is 0 Å². The van der Waals surface area contributed by atoms with Crippen molar-refractivity contribution in [2.24, 2.45) is 0 Å². The first-order valence-corrected chi connectivity index (χ1v) is 5.76. The van der Waals surface area contributed by atoms with Gasteiger partial charge in [-0.25, -0.2) is 9.97 Å². The number of aryl methyl sites for hydroxylation is 1. The van der Waals surface area contributed by atoms with Gasteiger partial charge in [0.2, 0.25) is 5.95 Å². The molecule has 0 unspecified atom stereocenters. The molecule has 0 radical (unpaired) electrons. The number of aromatic nitrogens is 2. The molecule has 2 rings (SSSR count). The van der Waals surface area contributed by atoms with Crippen LogP contribution in [0.1, 0.15) is 5.69 Å². The lowest BCUT2D eigenvalue weighted by Crippen LogP contribution is -2.13. The van der Waals surface area contributed by atoms with Crippen LogP contribution in [0.3, 0.4) is 0 Å². The highest BCUT2D eigenvalue weighted by Crippen LogP contribution is 2.13. The molecule has 0 aliphatic rings. The zero-order valence-corrected chi connectivity index (χ0v) is 10.3. The molecule has 0 amide bonds. The minimum atomic E-state index is 0.529. The lowest BCUT2D eigenvalue weighted by Gasteiger charge is -2.08. The molecule has 94 valence electrons. The topological polar surface area (TPSA) is 73.1 Å². The van der Waals surface area contributed by atoms with E-state index in [1.165, 1.54) is 0 Å². The van der Waals surface area contributed by atoms with Crippen LogP contribution in [0.4, 0.5) is 11.6 Å². The van der Waals surface area contributed by atoms with Crippen LogP contribution in [0.25, 0.3) is 0 Å². The number of anilines is 2. The van der Waals surface area contributed by atoms with Gasteiger partial charge in [-0.1, -0.05) is 6.07 Å². The van der Waals surface area contributed by atoms with Crippen molar-refractivity contribution in [3.63, 3.8) is 0 Å². The van der Waals surface area contributed by atoms with Crippen molar-refractivity contribution >= 4 is 11.6 Å². The van der Waals surface area contributed by atoms with Gasteiger partial charge < -0.3 is 15.8 Å². The van der Waals surface area contributed by atoms with Crippen LogP contribution in [0.5, 0.6) is 5.75 Å². The van der Waals surface area contributed by atoms with Gasteiger partial charge >= 0.3 is 0 Å². The van der Waals surface area contributed by atoms with E-state index in [1.807, 2.05) is 31.2 Å². The first-order valence-electron chi connectivity index (χ1n) is 5.76. The summed E-state index contributed by atoms with van der Waals surface area (Å²) in [6.45, 7) is 3.09. The third-order valence-corrected chi connectivity index (χ3v) is 2.31. The van der Waals surface area contributed by atoms with Gasteiger partial charge in [-0.2, -0.15) is 0 Å². The maximum absolute atomic E-state index is 5.65. The van der Waals surface area contributed by atoms with Gasteiger partial charge in [0.15, 0.2) is 0 Å². The number of rotatable bonds is 5. The molecule has 0 spiro atoms. The average molecular weight is 244 g/mol. The molecule has 5 nitrogen and oxygen atoms in total. The number of nitrogen functional groups attached to an aromatic ring is 1. The third-order valence-electron chi connectivity index (χ3n) is 2.31. The summed E-state index contributed by atoms with van der Waals surface area (Å²) in [5, 5.41) is 3.09. The van der Waals surface area contributed by atoms with Gasteiger partial charge in [0.25, 0.3) is 0 Å². The number of nitrogens with zero attached hydrogens (tertiary/aromatic N) is 2. The van der Waals surface area contributed by atoms with E-state index in [1.54, 1.807) is 12.3 Å². The highest BCUT2D eigenvalue weighted by atomic mass is 16.5. The first-order chi connectivity index (χ1) is 8.74. The van der Waals surface area contributed by atoms with Crippen LogP contribution in [0, 0.1) is 6.92 Å². The summed E-state index contributed by atoms with van der Waals surface area (Å²) in [4.78, 5) is 8.33. The summed E-state index contributed by atoms with van der Waals surface area (Å²) in [6.07, 6.45) is 1.73. The Morgan fingerprint density at radius 2 is 2.22 bits per heavy atom. The number of ether oxygens (including phenoxy) is 1. The Hall–Kier alpha value is -2.30. The molecule has 18 heavy (non-hydrogen) atoms. The molecular formula is C13H16N4O. The summed E-state index contributed by atoms with van der Waals surface area (Å²) in [5.74, 6) is 1.38. The Labute approximate surface area is 106 Å². The maximum Gasteiger partial charge on any atom is 0.222 e. The second-order valence-electron chi connectivity index (χ2n) is 3.87. The molecule has 0 aliphatic carbocycles. The number of hydrogen-bond acceptors (Lipinski definition) is 5.